The van der Waals surface area contributed by atoms with Gasteiger partial charge in [0.05, 0.1) is 6.21 Å². The normalized spacial score (nSPS) is 12.0. The van der Waals surface area contributed by atoms with E-state index in [0.29, 0.717) is 10.7 Å². The van der Waals surface area contributed by atoms with E-state index < -0.39 is 0 Å². The number of nitrogens with one attached hydrogen (secondary N) is 1. The van der Waals surface area contributed by atoms with Crippen LogP contribution in [0, 0.1) is 4.77 Å². The molecule has 1 N–H and O–H groups in total. The summed E-state index contributed by atoms with van der Waals surface area (Å²) in [4.78, 5) is 0. The third-order valence-corrected chi connectivity index (χ3v) is 4.76. The molecular weight excluding hydrogens is 318 g/mol. The van der Waals surface area contributed by atoms with Gasteiger partial charge in [0, 0.05) is 35.1 Å². The van der Waals surface area contributed by atoms with Crippen LogP contribution in [0.4, 0.5) is 0 Å². The van der Waals surface area contributed by atoms with Crippen LogP contribution in [0.2, 0.25) is 0 Å². The number of para-hydroxylation sites is 1. The van der Waals surface area contributed by atoms with Gasteiger partial charge in [-0.25, -0.2) is 0 Å². The summed E-state index contributed by atoms with van der Waals surface area (Å²) in [5.41, 5.74) is 2.31. The van der Waals surface area contributed by atoms with Gasteiger partial charge in [-0.15, -0.1) is 0 Å². The molecule has 0 aliphatic heterocycles. The fourth-order valence-corrected chi connectivity index (χ4v) is 3.28. The largest absolute Gasteiger partial charge is 0.347 e. The Morgan fingerprint density at radius 2 is 2.00 bits per heavy atom. The molecule has 0 fully saturated rings. The van der Waals surface area contributed by atoms with Crippen LogP contribution in [0.15, 0.2) is 35.6 Å². The van der Waals surface area contributed by atoms with Gasteiger partial charge in [0.25, 0.3) is 0 Å². The second-order valence-corrected chi connectivity index (χ2v) is 6.23. The number of aromatic amines is 1. The van der Waals surface area contributed by atoms with E-state index in [9.17, 15) is 0 Å². The van der Waals surface area contributed by atoms with Gasteiger partial charge in [0.1, 0.15) is 0 Å². The minimum atomic E-state index is 0.354. The Balaban J connectivity index is 2.04. The summed E-state index contributed by atoms with van der Waals surface area (Å²) < 4.78 is 4.52. The van der Waals surface area contributed by atoms with Gasteiger partial charge in [-0.2, -0.15) is 14.9 Å². The molecule has 6 heteroatoms. The van der Waals surface area contributed by atoms with Gasteiger partial charge in [-0.05, 0) is 38.0 Å². The molecule has 2 heterocycles. The number of benzene rings is 1. The van der Waals surface area contributed by atoms with Crippen molar-refractivity contribution < 1.29 is 0 Å². The number of aryl methyl sites for hydroxylation is 1. The average Bonchev–Trinajstić information content (AvgIpc) is 3.15. The molecule has 3 aromatic rings. The Kier molecular flexibility index (Phi) is 4.94. The lowest BCUT2D eigenvalue weighted by atomic mass is 10.0. The first-order valence-corrected chi connectivity index (χ1v) is 8.89. The second kappa shape index (κ2) is 7.13. The van der Waals surface area contributed by atoms with Crippen molar-refractivity contribution >= 4 is 29.3 Å². The van der Waals surface area contributed by atoms with Crippen LogP contribution in [0.5, 0.6) is 0 Å². The molecule has 5 nitrogen and oxygen atoms in total. The zero-order valence-corrected chi connectivity index (χ0v) is 15.2. The molecule has 0 unspecified atom stereocenters. The highest BCUT2D eigenvalue weighted by atomic mass is 32.1. The number of hydrogen-bond donors (Lipinski definition) is 1. The number of H-pyrrole nitrogens is 1. The topological polar surface area (TPSA) is 50.9 Å². The molecule has 0 spiro atoms. The fraction of sp³-hybridized carbons (Fsp3) is 0.389. The molecule has 0 bridgehead atoms. The maximum atomic E-state index is 5.35. The number of aromatic nitrogens is 4. The third kappa shape index (κ3) is 2.94. The molecule has 0 aliphatic carbocycles. The zero-order chi connectivity index (χ0) is 17.1. The molecular formula is C18H23N5S. The molecule has 0 atom stereocenters. The highest BCUT2D eigenvalue weighted by Crippen LogP contribution is 2.22. The van der Waals surface area contributed by atoms with Gasteiger partial charge in [0.2, 0.25) is 4.77 Å². The molecule has 126 valence electrons. The van der Waals surface area contributed by atoms with E-state index in [1.54, 1.807) is 4.68 Å². The average molecular weight is 341 g/mol. The molecule has 24 heavy (non-hydrogen) atoms. The minimum absolute atomic E-state index is 0.354. The van der Waals surface area contributed by atoms with Crippen molar-refractivity contribution in [1.29, 1.82) is 0 Å². The minimum Gasteiger partial charge on any atom is -0.347 e. The van der Waals surface area contributed by atoms with E-state index in [4.69, 9.17) is 12.2 Å². The lowest BCUT2D eigenvalue weighted by Crippen LogP contribution is -2.05. The van der Waals surface area contributed by atoms with Crippen LogP contribution >= 0.6 is 12.2 Å². The lowest BCUT2D eigenvalue weighted by Gasteiger charge is -2.10. The third-order valence-electron chi connectivity index (χ3n) is 4.50. The maximum absolute atomic E-state index is 5.35. The summed E-state index contributed by atoms with van der Waals surface area (Å²) in [5, 5.41) is 13.1. The molecule has 1 aromatic carbocycles. The summed E-state index contributed by atoms with van der Waals surface area (Å²) in [7, 11) is 0. The molecule has 3 rings (SSSR count). The molecule has 2 aromatic heterocycles. The Hall–Kier alpha value is -2.21. The SMILES string of the molecule is CCC(CC)c1n[nH]c(=S)n1/N=C\c1cn(CC)c2ccccc12. The van der Waals surface area contributed by atoms with E-state index in [1.807, 2.05) is 6.21 Å². The van der Waals surface area contributed by atoms with E-state index in [-0.39, 0.29) is 0 Å². The monoisotopic (exact) mass is 341 g/mol. The second-order valence-electron chi connectivity index (χ2n) is 5.84. The summed E-state index contributed by atoms with van der Waals surface area (Å²) in [6, 6.07) is 8.38. The number of rotatable bonds is 6. The fourth-order valence-electron chi connectivity index (χ4n) is 3.09. The zero-order valence-electron chi connectivity index (χ0n) is 14.4. The van der Waals surface area contributed by atoms with Crippen LogP contribution < -0.4 is 0 Å². The Labute approximate surface area is 147 Å². The number of fused-ring (bicyclic) bond motifs is 1. The predicted octanol–water partition coefficient (Wildman–Crippen LogP) is 4.70. The van der Waals surface area contributed by atoms with Crippen LogP contribution in [0.25, 0.3) is 10.9 Å². The van der Waals surface area contributed by atoms with Crippen molar-refractivity contribution in [3.05, 3.63) is 46.6 Å². The van der Waals surface area contributed by atoms with Crippen molar-refractivity contribution in [2.45, 2.75) is 46.1 Å². The predicted molar refractivity (Wildman–Crippen MR) is 101 cm³/mol. The lowest BCUT2D eigenvalue weighted by molar-refractivity contribution is 0.571. The van der Waals surface area contributed by atoms with Crippen molar-refractivity contribution in [2.75, 3.05) is 0 Å². The summed E-state index contributed by atoms with van der Waals surface area (Å²) in [6.45, 7) is 7.40. The van der Waals surface area contributed by atoms with Crippen molar-refractivity contribution in [2.24, 2.45) is 5.10 Å². The van der Waals surface area contributed by atoms with Crippen molar-refractivity contribution in [3.63, 3.8) is 0 Å². The van der Waals surface area contributed by atoms with Crippen LogP contribution in [-0.4, -0.2) is 25.7 Å². The van der Waals surface area contributed by atoms with Gasteiger partial charge in [-0.1, -0.05) is 32.0 Å². The Morgan fingerprint density at radius 1 is 1.25 bits per heavy atom. The van der Waals surface area contributed by atoms with E-state index in [1.165, 1.54) is 10.9 Å². The summed E-state index contributed by atoms with van der Waals surface area (Å²) in [6.07, 6.45) is 6.04. The Morgan fingerprint density at radius 3 is 2.71 bits per heavy atom. The van der Waals surface area contributed by atoms with Crippen molar-refractivity contribution in [1.82, 2.24) is 19.4 Å². The first-order chi connectivity index (χ1) is 11.7. The van der Waals surface area contributed by atoms with Gasteiger partial charge in [-0.3, -0.25) is 5.10 Å². The van der Waals surface area contributed by atoms with Gasteiger partial charge in [0.15, 0.2) is 5.82 Å². The van der Waals surface area contributed by atoms with E-state index in [2.05, 4.69) is 71.1 Å². The van der Waals surface area contributed by atoms with Crippen LogP contribution in [0.1, 0.15) is 50.9 Å². The number of hydrogen-bond acceptors (Lipinski definition) is 3. The van der Waals surface area contributed by atoms with Crippen LogP contribution in [0.3, 0.4) is 0 Å². The first kappa shape index (κ1) is 16.6. The standard InChI is InChI=1S/C18H23N5S/c1-4-13(5-2)17-20-21-18(24)23(17)19-11-14-12-22(6-3)16-10-8-7-9-15(14)16/h7-13H,4-6H2,1-3H3,(H,21,24)/b19-11-. The highest BCUT2D eigenvalue weighted by molar-refractivity contribution is 7.71. The Bertz CT molecular complexity index is 911. The molecule has 0 radical (unpaired) electrons. The molecule has 0 amide bonds. The highest BCUT2D eigenvalue weighted by Gasteiger charge is 2.15. The quantitative estimate of drug-likeness (QED) is 0.522. The van der Waals surface area contributed by atoms with Crippen molar-refractivity contribution in [3.8, 4) is 0 Å². The smallest absolute Gasteiger partial charge is 0.216 e. The van der Waals surface area contributed by atoms with Gasteiger partial charge >= 0.3 is 0 Å². The summed E-state index contributed by atoms with van der Waals surface area (Å²) in [5.74, 6) is 1.26. The number of nitrogens with zero attached hydrogens (tertiary/aromatic N) is 4. The molecule has 0 saturated heterocycles. The first-order valence-electron chi connectivity index (χ1n) is 8.49. The summed E-state index contributed by atoms with van der Waals surface area (Å²) >= 11 is 5.35. The molecule has 0 saturated carbocycles. The van der Waals surface area contributed by atoms with Crippen LogP contribution in [-0.2, 0) is 6.54 Å². The van der Waals surface area contributed by atoms with E-state index >= 15 is 0 Å². The maximum Gasteiger partial charge on any atom is 0.216 e. The van der Waals surface area contributed by atoms with E-state index in [0.717, 1.165) is 30.8 Å². The molecule has 0 aliphatic rings. The van der Waals surface area contributed by atoms with Gasteiger partial charge < -0.3 is 4.57 Å².